The van der Waals surface area contributed by atoms with E-state index < -0.39 is 0 Å². The molecule has 0 saturated carbocycles. The number of nitrogens with one attached hydrogen (secondary N) is 1. The topological polar surface area (TPSA) is 50.8 Å². The van der Waals surface area contributed by atoms with Gasteiger partial charge in [-0.2, -0.15) is 0 Å². The largest absolute Gasteiger partial charge is 0.486 e. The lowest BCUT2D eigenvalue weighted by Crippen LogP contribution is -2.37. The van der Waals surface area contributed by atoms with Crippen LogP contribution in [-0.4, -0.2) is 50.1 Å². The van der Waals surface area contributed by atoms with Gasteiger partial charge in [0.15, 0.2) is 17.3 Å². The van der Waals surface area contributed by atoms with Crippen LogP contribution < -0.4 is 14.8 Å². The highest BCUT2D eigenvalue weighted by Crippen LogP contribution is 2.30. The third-order valence-corrected chi connectivity index (χ3v) is 5.20. The summed E-state index contributed by atoms with van der Waals surface area (Å²) in [5, 5.41) is 3.36. The van der Waals surface area contributed by atoms with Gasteiger partial charge in [0.2, 0.25) is 0 Å². The molecule has 1 N–H and O–H groups in total. The van der Waals surface area contributed by atoms with Crippen molar-refractivity contribution < 1.29 is 14.3 Å². The van der Waals surface area contributed by atoms with Crippen LogP contribution in [-0.2, 0) is 0 Å². The first-order valence-corrected chi connectivity index (χ1v) is 10.1. The van der Waals surface area contributed by atoms with Gasteiger partial charge in [0.25, 0.3) is 0 Å². The van der Waals surface area contributed by atoms with Crippen molar-refractivity contribution in [3.63, 3.8) is 0 Å². The first kappa shape index (κ1) is 20.4. The van der Waals surface area contributed by atoms with Crippen LogP contribution in [0.25, 0.3) is 0 Å². The SMILES string of the molecule is CCN(CC)C(CNCC(=O)c1ccc2c(c1)OCCO2)c1ccc(C)cc1. The number of ether oxygens (including phenoxy) is 2. The molecule has 28 heavy (non-hydrogen) atoms. The summed E-state index contributed by atoms with van der Waals surface area (Å²) in [5.74, 6) is 1.41. The summed E-state index contributed by atoms with van der Waals surface area (Å²) >= 11 is 0. The molecule has 1 aliphatic heterocycles. The van der Waals surface area contributed by atoms with E-state index in [0.29, 0.717) is 36.8 Å². The van der Waals surface area contributed by atoms with Crippen molar-refractivity contribution in [2.24, 2.45) is 0 Å². The lowest BCUT2D eigenvalue weighted by Gasteiger charge is -2.30. The molecule has 1 heterocycles. The average Bonchev–Trinajstić information content (AvgIpc) is 2.73. The second-order valence-electron chi connectivity index (χ2n) is 7.06. The number of carbonyl (C=O) groups is 1. The van der Waals surface area contributed by atoms with Gasteiger partial charge in [0, 0.05) is 18.2 Å². The molecule has 150 valence electrons. The van der Waals surface area contributed by atoms with E-state index in [9.17, 15) is 4.79 Å². The maximum Gasteiger partial charge on any atom is 0.176 e. The molecule has 0 aromatic heterocycles. The molecule has 0 spiro atoms. The monoisotopic (exact) mass is 382 g/mol. The van der Waals surface area contributed by atoms with Crippen LogP contribution in [0, 0.1) is 6.92 Å². The third kappa shape index (κ3) is 4.91. The molecule has 1 unspecified atom stereocenters. The summed E-state index contributed by atoms with van der Waals surface area (Å²) < 4.78 is 11.1. The standard InChI is InChI=1S/C23H30N2O3/c1-4-25(5-2)20(18-8-6-17(3)7-9-18)15-24-16-21(26)19-10-11-22-23(14-19)28-13-12-27-22/h6-11,14,20,24H,4-5,12-13,15-16H2,1-3H3. The Bertz CT molecular complexity index is 785. The number of carbonyl (C=O) groups excluding carboxylic acids is 1. The first-order valence-electron chi connectivity index (χ1n) is 10.1. The molecule has 0 radical (unpaired) electrons. The second kappa shape index (κ2) is 9.71. The maximum absolute atomic E-state index is 12.6. The zero-order valence-corrected chi connectivity index (χ0v) is 17.0. The van der Waals surface area contributed by atoms with Crippen molar-refractivity contribution in [1.82, 2.24) is 10.2 Å². The van der Waals surface area contributed by atoms with E-state index in [0.717, 1.165) is 19.6 Å². The molecular formula is C23H30N2O3. The quantitative estimate of drug-likeness (QED) is 0.672. The normalized spacial score (nSPS) is 14.1. The average molecular weight is 383 g/mol. The number of rotatable bonds is 9. The van der Waals surface area contributed by atoms with Crippen LogP contribution in [0.2, 0.25) is 0 Å². The van der Waals surface area contributed by atoms with E-state index in [1.165, 1.54) is 11.1 Å². The van der Waals surface area contributed by atoms with E-state index in [4.69, 9.17) is 9.47 Å². The summed E-state index contributed by atoms with van der Waals surface area (Å²) in [5.41, 5.74) is 3.17. The van der Waals surface area contributed by atoms with Gasteiger partial charge in [-0.15, -0.1) is 0 Å². The number of ketones is 1. The Hall–Kier alpha value is -2.37. The van der Waals surface area contributed by atoms with Gasteiger partial charge in [-0.3, -0.25) is 9.69 Å². The summed E-state index contributed by atoms with van der Waals surface area (Å²) in [6, 6.07) is 14.3. The van der Waals surface area contributed by atoms with Crippen LogP contribution in [0.5, 0.6) is 11.5 Å². The van der Waals surface area contributed by atoms with E-state index in [1.54, 1.807) is 12.1 Å². The first-order chi connectivity index (χ1) is 13.6. The van der Waals surface area contributed by atoms with E-state index in [-0.39, 0.29) is 11.8 Å². The van der Waals surface area contributed by atoms with Crippen LogP contribution in [0.1, 0.15) is 41.4 Å². The van der Waals surface area contributed by atoms with Crippen LogP contribution in [0.15, 0.2) is 42.5 Å². The van der Waals surface area contributed by atoms with Crippen molar-refractivity contribution in [2.75, 3.05) is 39.4 Å². The minimum atomic E-state index is 0.0548. The van der Waals surface area contributed by atoms with Gasteiger partial charge < -0.3 is 14.8 Å². The van der Waals surface area contributed by atoms with Crippen LogP contribution in [0.3, 0.4) is 0 Å². The Morgan fingerprint density at radius 1 is 1.04 bits per heavy atom. The van der Waals surface area contributed by atoms with Crippen molar-refractivity contribution in [1.29, 1.82) is 0 Å². The minimum Gasteiger partial charge on any atom is -0.486 e. The van der Waals surface area contributed by atoms with Gasteiger partial charge >= 0.3 is 0 Å². The highest BCUT2D eigenvalue weighted by molar-refractivity contribution is 5.98. The molecule has 5 heteroatoms. The highest BCUT2D eigenvalue weighted by Gasteiger charge is 2.19. The Labute approximate surface area is 167 Å². The fraction of sp³-hybridized carbons (Fsp3) is 0.435. The third-order valence-electron chi connectivity index (χ3n) is 5.20. The van der Waals surface area contributed by atoms with Gasteiger partial charge in [0.05, 0.1) is 6.54 Å². The number of nitrogens with zero attached hydrogens (tertiary/aromatic N) is 1. The number of Topliss-reactive ketones (excluding diaryl/α,β-unsaturated/α-hetero) is 1. The Kier molecular flexibility index (Phi) is 7.06. The Morgan fingerprint density at radius 2 is 1.71 bits per heavy atom. The zero-order chi connectivity index (χ0) is 19.9. The second-order valence-corrected chi connectivity index (χ2v) is 7.06. The minimum absolute atomic E-state index is 0.0548. The molecule has 1 aliphatic rings. The van der Waals surface area contributed by atoms with Gasteiger partial charge in [-0.1, -0.05) is 43.7 Å². The molecule has 0 bridgehead atoms. The van der Waals surface area contributed by atoms with Crippen molar-refractivity contribution in [3.8, 4) is 11.5 Å². The number of aryl methyl sites for hydroxylation is 1. The van der Waals surface area contributed by atoms with Crippen molar-refractivity contribution in [3.05, 3.63) is 59.2 Å². The Morgan fingerprint density at radius 3 is 2.39 bits per heavy atom. The molecule has 2 aromatic rings. The molecule has 1 atom stereocenters. The number of likely N-dealkylation sites (N-methyl/N-ethyl adjacent to an activating group) is 1. The van der Waals surface area contributed by atoms with Crippen molar-refractivity contribution >= 4 is 5.78 Å². The number of benzene rings is 2. The fourth-order valence-electron chi connectivity index (χ4n) is 3.55. The van der Waals surface area contributed by atoms with Crippen molar-refractivity contribution in [2.45, 2.75) is 26.8 Å². The van der Waals surface area contributed by atoms with E-state index >= 15 is 0 Å². The number of hydrogen-bond donors (Lipinski definition) is 1. The molecule has 0 saturated heterocycles. The van der Waals surface area contributed by atoms with E-state index in [2.05, 4.69) is 55.3 Å². The summed E-state index contributed by atoms with van der Waals surface area (Å²) in [6.07, 6.45) is 0. The molecular weight excluding hydrogens is 352 g/mol. The molecule has 0 fully saturated rings. The van der Waals surface area contributed by atoms with Gasteiger partial charge in [-0.25, -0.2) is 0 Å². The number of hydrogen-bond acceptors (Lipinski definition) is 5. The predicted octanol–water partition coefficient (Wildman–Crippen LogP) is 3.62. The Balaban J connectivity index is 1.63. The van der Waals surface area contributed by atoms with Gasteiger partial charge in [-0.05, 0) is 43.8 Å². The lowest BCUT2D eigenvalue weighted by atomic mass is 10.0. The predicted molar refractivity (Wildman–Crippen MR) is 111 cm³/mol. The van der Waals surface area contributed by atoms with Gasteiger partial charge in [0.1, 0.15) is 13.2 Å². The molecule has 2 aromatic carbocycles. The lowest BCUT2D eigenvalue weighted by molar-refractivity contribution is 0.0985. The summed E-state index contributed by atoms with van der Waals surface area (Å²) in [6.45, 7) is 10.5. The summed E-state index contributed by atoms with van der Waals surface area (Å²) in [4.78, 5) is 15.0. The van der Waals surface area contributed by atoms with E-state index in [1.807, 2.05) is 6.07 Å². The molecule has 0 amide bonds. The smallest absolute Gasteiger partial charge is 0.176 e. The highest BCUT2D eigenvalue weighted by atomic mass is 16.6. The molecule has 0 aliphatic carbocycles. The van der Waals surface area contributed by atoms with Crippen LogP contribution in [0.4, 0.5) is 0 Å². The molecule has 5 nitrogen and oxygen atoms in total. The summed E-state index contributed by atoms with van der Waals surface area (Å²) in [7, 11) is 0. The van der Waals surface area contributed by atoms with Crippen LogP contribution >= 0.6 is 0 Å². The fourth-order valence-corrected chi connectivity index (χ4v) is 3.55. The molecule has 3 rings (SSSR count). The number of fused-ring (bicyclic) bond motifs is 1. The zero-order valence-electron chi connectivity index (χ0n) is 17.0. The maximum atomic E-state index is 12.6.